The van der Waals surface area contributed by atoms with Crippen molar-refractivity contribution in [3.8, 4) is 0 Å². The van der Waals surface area contributed by atoms with Crippen LogP contribution in [0.3, 0.4) is 0 Å². The molecule has 0 saturated carbocycles. The maximum absolute atomic E-state index is 14.1. The molecule has 0 aromatic heterocycles. The first kappa shape index (κ1) is 60.0. The Labute approximate surface area is 380 Å². The van der Waals surface area contributed by atoms with Gasteiger partial charge in [-0.2, -0.15) is 0 Å². The van der Waals surface area contributed by atoms with Crippen LogP contribution in [0.15, 0.2) is 0 Å². The molecule has 11 N–H and O–H groups in total. The number of methoxy groups -OCH3 is 1. The lowest BCUT2D eigenvalue weighted by Crippen LogP contribution is -2.61. The normalized spacial score (nSPS) is 41.2. The van der Waals surface area contributed by atoms with Gasteiger partial charge in [0.05, 0.1) is 60.5 Å². The molecule has 18 atom stereocenters. The number of esters is 1. The first-order valence-corrected chi connectivity index (χ1v) is 21.7. The predicted octanol–water partition coefficient (Wildman–Crippen LogP) is -0.288. The average Bonchev–Trinajstić information content (AvgIpc) is 3.18. The standard InChI is InChI=1S/C37H67NO13.C6H8O7.H2O/c1-14-25-37(10,45)30(41)20(4)27(39)18(2)16-35(8,44)32(51-34-28(40)24(38(11)12)15-19(3)47-34)21(5)29(22(6)33(43)49-25)50-26-17-36(9,46-13)31(42)23(7)48-26;7-3(8)1-6(13,5(11)12)2-4(9)10;/h18-26,28-32,34,40-42,44-45H,14-17H2,1-13H3;13H,1-2H2,(H,7,8)(H,9,10)(H,11,12);1H2/t18-,19-,20+,21-,22-,23+,24+,25-,26+,28-,29+,30+,31+,32-,34+,35-,36-,37-;;/m1../s1. The molecule has 3 saturated heterocycles. The smallest absolute Gasteiger partial charge is 0.336 e. The predicted molar refractivity (Wildman–Crippen MR) is 227 cm³/mol. The molecule has 22 heteroatoms. The Bertz CT molecular complexity index is 1580. The Kier molecular flexibility index (Phi) is 22.0. The highest BCUT2D eigenvalue weighted by Crippen LogP contribution is 2.41. The minimum atomic E-state index is -2.74. The molecule has 0 amide bonds. The number of carboxylic acid groups (broad SMARTS) is 3. The van der Waals surface area contributed by atoms with Crippen molar-refractivity contribution in [3.05, 3.63) is 0 Å². The van der Waals surface area contributed by atoms with E-state index in [9.17, 15) is 49.5 Å². The molecular weight excluding hydrogens is 866 g/mol. The number of hydrogen-bond acceptors (Lipinski definition) is 18. The summed E-state index contributed by atoms with van der Waals surface area (Å²) in [5.41, 5.74) is -7.58. The first-order valence-electron chi connectivity index (χ1n) is 21.7. The summed E-state index contributed by atoms with van der Waals surface area (Å²) in [6.07, 6.45) is -12.0. The van der Waals surface area contributed by atoms with Gasteiger partial charge in [0.1, 0.15) is 29.7 Å². The van der Waals surface area contributed by atoms with Crippen LogP contribution < -0.4 is 0 Å². The summed E-state index contributed by atoms with van der Waals surface area (Å²) in [5, 5.41) is 91.4. The third-order valence-corrected chi connectivity index (χ3v) is 13.1. The molecule has 3 fully saturated rings. The number of aliphatic carboxylic acids is 3. The largest absolute Gasteiger partial charge is 0.481 e. The van der Waals surface area contributed by atoms with Gasteiger partial charge in [0.25, 0.3) is 0 Å². The Hall–Kier alpha value is -2.97. The monoisotopic (exact) mass is 943 g/mol. The van der Waals surface area contributed by atoms with E-state index < -0.39 is 144 Å². The summed E-state index contributed by atoms with van der Waals surface area (Å²) in [6, 6.07) is -0.324. The molecular formula is C43H77NO21. The van der Waals surface area contributed by atoms with Gasteiger partial charge in [-0.3, -0.25) is 19.2 Å². The van der Waals surface area contributed by atoms with E-state index in [2.05, 4.69) is 0 Å². The van der Waals surface area contributed by atoms with E-state index in [1.165, 1.54) is 27.9 Å². The minimum absolute atomic E-state index is 0. The van der Waals surface area contributed by atoms with E-state index in [0.717, 1.165) is 0 Å². The zero-order chi connectivity index (χ0) is 49.6. The summed E-state index contributed by atoms with van der Waals surface area (Å²) in [4.78, 5) is 60.2. The number of carbonyl (C=O) groups is 5. The number of ketones is 1. The molecule has 22 nitrogen and oxygen atoms in total. The van der Waals surface area contributed by atoms with Gasteiger partial charge >= 0.3 is 23.9 Å². The highest BCUT2D eigenvalue weighted by molar-refractivity contribution is 5.88. The maximum atomic E-state index is 14.1. The maximum Gasteiger partial charge on any atom is 0.336 e. The highest BCUT2D eigenvalue weighted by atomic mass is 16.7. The second-order valence-electron chi connectivity index (χ2n) is 18.9. The molecule has 0 unspecified atom stereocenters. The Balaban J connectivity index is 0.00000131. The molecule has 3 aliphatic rings. The molecule has 65 heavy (non-hydrogen) atoms. The van der Waals surface area contributed by atoms with E-state index in [1.54, 1.807) is 41.5 Å². The fourth-order valence-corrected chi connectivity index (χ4v) is 9.12. The molecule has 0 aromatic carbocycles. The van der Waals surface area contributed by atoms with E-state index in [-0.39, 0.29) is 36.9 Å². The molecule has 3 aliphatic heterocycles. The number of ether oxygens (including phenoxy) is 6. The van der Waals surface area contributed by atoms with Crippen LogP contribution in [-0.2, 0) is 52.4 Å². The van der Waals surface area contributed by atoms with E-state index in [1.807, 2.05) is 25.9 Å². The van der Waals surface area contributed by atoms with Gasteiger partial charge in [-0.25, -0.2) is 4.79 Å². The topological polar surface area (TPSA) is 358 Å². The highest BCUT2D eigenvalue weighted by Gasteiger charge is 2.53. The van der Waals surface area contributed by atoms with Gasteiger partial charge in [0, 0.05) is 37.3 Å². The lowest BCUT2D eigenvalue weighted by Gasteiger charge is -2.49. The molecule has 0 aromatic rings. The number of cyclic esters (lactones) is 1. The second-order valence-corrected chi connectivity index (χ2v) is 18.9. The van der Waals surface area contributed by atoms with Gasteiger partial charge < -0.3 is 84.8 Å². The number of aliphatic hydroxyl groups is 6. The lowest BCUT2D eigenvalue weighted by atomic mass is 9.74. The summed E-state index contributed by atoms with van der Waals surface area (Å²) in [5.74, 6) is -10.00. The van der Waals surface area contributed by atoms with Crippen LogP contribution >= 0.6 is 0 Å². The lowest BCUT2D eigenvalue weighted by molar-refractivity contribution is -0.318. The average molecular weight is 944 g/mol. The van der Waals surface area contributed by atoms with Gasteiger partial charge in [0.15, 0.2) is 18.2 Å². The van der Waals surface area contributed by atoms with Crippen LogP contribution in [0.1, 0.15) is 108 Å². The molecule has 0 bridgehead atoms. The van der Waals surface area contributed by atoms with Gasteiger partial charge in [-0.05, 0) is 74.9 Å². The van der Waals surface area contributed by atoms with Crippen molar-refractivity contribution < 1.29 is 104 Å². The van der Waals surface area contributed by atoms with Gasteiger partial charge in [0.2, 0.25) is 0 Å². The molecule has 0 radical (unpaired) electrons. The molecule has 3 rings (SSSR count). The molecule has 0 aliphatic carbocycles. The van der Waals surface area contributed by atoms with Crippen molar-refractivity contribution in [2.24, 2.45) is 23.7 Å². The Morgan fingerprint density at radius 1 is 0.846 bits per heavy atom. The molecule has 0 spiro atoms. The third kappa shape index (κ3) is 14.8. The van der Waals surface area contributed by atoms with Crippen molar-refractivity contribution in [1.29, 1.82) is 0 Å². The second kappa shape index (κ2) is 23.8. The van der Waals surface area contributed by atoms with E-state index in [4.69, 9.17) is 48.8 Å². The van der Waals surface area contributed by atoms with Crippen LogP contribution in [0, 0.1) is 23.7 Å². The SMILES string of the molecule is CC[C@H]1OC(=O)[C@H](C)[C@@H](O[C@H]2C[C@@](C)(OC)[C@@H](O)[C@H](C)O2)[C@@H](C)[C@@H](O[C@@H]2O[C@H](C)C[C@H](N(C)C)[C@H]2O)[C@](C)(O)C[C@@H](C)C(=O)[C@H](C)[C@H](O)[C@]1(C)O.O.O=C(O)CC(O)(CC(=O)O)C(=O)O. The van der Waals surface area contributed by atoms with E-state index in [0.29, 0.717) is 6.42 Å². The zero-order valence-electron chi connectivity index (χ0n) is 39.9. The summed E-state index contributed by atoms with van der Waals surface area (Å²) in [6.45, 7) is 16.3. The third-order valence-electron chi connectivity index (χ3n) is 13.1. The Morgan fingerprint density at radius 3 is 1.85 bits per heavy atom. The van der Waals surface area contributed by atoms with Crippen molar-refractivity contribution in [2.45, 2.75) is 198 Å². The number of likely N-dealkylation sites (N-methyl/N-ethyl adjacent to an activating group) is 1. The Morgan fingerprint density at radius 2 is 1.38 bits per heavy atom. The molecule has 3 heterocycles. The number of rotatable bonds is 12. The van der Waals surface area contributed by atoms with Crippen molar-refractivity contribution in [1.82, 2.24) is 4.90 Å². The summed E-state index contributed by atoms with van der Waals surface area (Å²) < 4.78 is 37.1. The van der Waals surface area contributed by atoms with Crippen LogP contribution in [0.2, 0.25) is 0 Å². The number of carboxylic acids is 3. The van der Waals surface area contributed by atoms with Crippen molar-refractivity contribution in [3.63, 3.8) is 0 Å². The van der Waals surface area contributed by atoms with Crippen LogP contribution in [0.5, 0.6) is 0 Å². The number of hydrogen-bond donors (Lipinski definition) is 9. The number of carbonyl (C=O) groups excluding carboxylic acids is 2. The van der Waals surface area contributed by atoms with Crippen LogP contribution in [-0.4, -0.2) is 197 Å². The van der Waals surface area contributed by atoms with Crippen molar-refractivity contribution in [2.75, 3.05) is 21.2 Å². The van der Waals surface area contributed by atoms with Crippen LogP contribution in [0.4, 0.5) is 0 Å². The summed E-state index contributed by atoms with van der Waals surface area (Å²) >= 11 is 0. The fraction of sp³-hybridized carbons (Fsp3) is 0.884. The first-order chi connectivity index (χ1) is 29.2. The van der Waals surface area contributed by atoms with Crippen LogP contribution in [0.25, 0.3) is 0 Å². The zero-order valence-corrected chi connectivity index (χ0v) is 39.9. The number of aliphatic hydroxyl groups excluding tert-OH is 3. The summed E-state index contributed by atoms with van der Waals surface area (Å²) in [7, 11) is 5.18. The van der Waals surface area contributed by atoms with Gasteiger partial charge in [-0.1, -0.05) is 27.7 Å². The molecule has 380 valence electrons. The quantitative estimate of drug-likeness (QED) is 0.114. The van der Waals surface area contributed by atoms with E-state index >= 15 is 0 Å². The van der Waals surface area contributed by atoms with Gasteiger partial charge in [-0.15, -0.1) is 0 Å². The van der Waals surface area contributed by atoms with Crippen molar-refractivity contribution >= 4 is 29.7 Å². The number of Topliss-reactive ketones (excluding diaryl/α,β-unsaturated/α-hetero) is 1. The fourth-order valence-electron chi connectivity index (χ4n) is 9.12. The number of nitrogens with zero attached hydrogens (tertiary/aromatic N) is 1. The minimum Gasteiger partial charge on any atom is -0.481 e.